The van der Waals surface area contributed by atoms with Gasteiger partial charge in [0.2, 0.25) is 0 Å². The van der Waals surface area contributed by atoms with Crippen molar-refractivity contribution < 1.29 is 0 Å². The van der Waals surface area contributed by atoms with Gasteiger partial charge in [0.25, 0.3) is 0 Å². The molecule has 4 nitrogen and oxygen atoms in total. The van der Waals surface area contributed by atoms with Gasteiger partial charge in [-0.2, -0.15) is 0 Å². The van der Waals surface area contributed by atoms with Gasteiger partial charge in [0.15, 0.2) is 0 Å². The van der Waals surface area contributed by atoms with Crippen molar-refractivity contribution >= 4 is 11.3 Å². The Morgan fingerprint density at radius 2 is 1.90 bits per heavy atom. The molecule has 0 saturated carbocycles. The van der Waals surface area contributed by atoms with Crippen molar-refractivity contribution in [2.75, 3.05) is 13.1 Å². The quantitative estimate of drug-likeness (QED) is 0.946. The zero-order valence-electron chi connectivity index (χ0n) is 12.9. The molecule has 0 bridgehead atoms. The van der Waals surface area contributed by atoms with Gasteiger partial charge >= 0.3 is 0 Å². The fourth-order valence-corrected chi connectivity index (χ4v) is 3.63. The minimum atomic E-state index is 0.709. The van der Waals surface area contributed by atoms with E-state index < -0.39 is 0 Å². The largest absolute Gasteiger partial charge is 0.317 e. The second-order valence-electron chi connectivity index (χ2n) is 5.87. The molecular weight excluding hydrogens is 280 g/mol. The molecule has 21 heavy (non-hydrogen) atoms. The van der Waals surface area contributed by atoms with Crippen LogP contribution in [-0.2, 0) is 6.42 Å². The highest BCUT2D eigenvalue weighted by Gasteiger charge is 2.16. The summed E-state index contributed by atoms with van der Waals surface area (Å²) in [5.41, 5.74) is 3.12. The Labute approximate surface area is 130 Å². The number of hydrogen-bond acceptors (Lipinski definition) is 5. The second-order valence-corrected chi connectivity index (χ2v) is 7.07. The van der Waals surface area contributed by atoms with Crippen molar-refractivity contribution in [1.29, 1.82) is 0 Å². The number of nitrogens with one attached hydrogen (secondary N) is 1. The fourth-order valence-electron chi connectivity index (χ4n) is 2.76. The predicted octanol–water partition coefficient (Wildman–Crippen LogP) is 3.07. The number of nitrogens with zero attached hydrogens (tertiary/aromatic N) is 3. The molecule has 0 spiro atoms. The van der Waals surface area contributed by atoms with Gasteiger partial charge < -0.3 is 5.32 Å². The summed E-state index contributed by atoms with van der Waals surface area (Å²) in [6, 6.07) is 2.05. The molecule has 1 N–H and O–H groups in total. The zero-order chi connectivity index (χ0) is 14.8. The summed E-state index contributed by atoms with van der Waals surface area (Å²) in [6.07, 6.45) is 3.43. The summed E-state index contributed by atoms with van der Waals surface area (Å²) in [7, 11) is 0. The van der Waals surface area contributed by atoms with Gasteiger partial charge in [-0.1, -0.05) is 0 Å². The van der Waals surface area contributed by atoms with Crippen molar-refractivity contribution in [1.82, 2.24) is 20.3 Å². The van der Waals surface area contributed by atoms with E-state index >= 15 is 0 Å². The Morgan fingerprint density at radius 3 is 2.57 bits per heavy atom. The van der Waals surface area contributed by atoms with E-state index in [0.29, 0.717) is 5.92 Å². The van der Waals surface area contributed by atoms with E-state index in [9.17, 15) is 0 Å². The molecule has 0 aliphatic carbocycles. The van der Waals surface area contributed by atoms with Gasteiger partial charge in [-0.3, -0.25) is 0 Å². The number of piperidine rings is 1. The van der Waals surface area contributed by atoms with Crippen molar-refractivity contribution in [2.45, 2.75) is 40.0 Å². The smallest absolute Gasteiger partial charge is 0.142 e. The first-order valence-electron chi connectivity index (χ1n) is 7.61. The number of hydrogen-bond donors (Lipinski definition) is 1. The summed E-state index contributed by atoms with van der Waals surface area (Å²) >= 11 is 1.72. The van der Waals surface area contributed by atoms with E-state index in [-0.39, 0.29) is 0 Å². The molecule has 0 unspecified atom stereocenters. The van der Waals surface area contributed by atoms with Crippen LogP contribution in [0.5, 0.6) is 0 Å². The van der Waals surface area contributed by atoms with Crippen LogP contribution in [0.4, 0.5) is 0 Å². The number of thiazole rings is 1. The molecule has 112 valence electrons. The van der Waals surface area contributed by atoms with E-state index in [2.05, 4.69) is 29.1 Å². The molecule has 0 amide bonds. The number of aromatic nitrogens is 3. The third kappa shape index (κ3) is 3.47. The van der Waals surface area contributed by atoms with Crippen molar-refractivity contribution in [2.24, 2.45) is 5.92 Å². The van der Waals surface area contributed by atoms with Crippen LogP contribution in [0.25, 0.3) is 10.7 Å². The van der Waals surface area contributed by atoms with Gasteiger partial charge in [0.1, 0.15) is 16.5 Å². The maximum Gasteiger partial charge on any atom is 0.142 e. The lowest BCUT2D eigenvalue weighted by atomic mass is 9.94. The summed E-state index contributed by atoms with van der Waals surface area (Å²) in [6.45, 7) is 8.45. The van der Waals surface area contributed by atoms with Gasteiger partial charge in [-0.15, -0.1) is 11.3 Å². The van der Waals surface area contributed by atoms with Crippen LogP contribution in [-0.4, -0.2) is 28.0 Å². The highest BCUT2D eigenvalue weighted by atomic mass is 32.1. The molecule has 3 rings (SSSR count). The molecular formula is C16H22N4S. The van der Waals surface area contributed by atoms with Crippen LogP contribution in [0.2, 0.25) is 0 Å². The predicted molar refractivity (Wildman–Crippen MR) is 86.6 cm³/mol. The maximum absolute atomic E-state index is 4.77. The molecule has 0 atom stereocenters. The van der Waals surface area contributed by atoms with Crippen LogP contribution in [0, 0.1) is 26.7 Å². The summed E-state index contributed by atoms with van der Waals surface area (Å²) in [5, 5.41) is 4.42. The van der Waals surface area contributed by atoms with Gasteiger partial charge in [0, 0.05) is 17.0 Å². The highest BCUT2D eigenvalue weighted by Crippen LogP contribution is 2.27. The molecule has 0 radical (unpaired) electrons. The Morgan fingerprint density at radius 1 is 1.14 bits per heavy atom. The SMILES string of the molecule is Cc1cc(-c2nc(C)c(C)s2)nc(CC2CCNCC2)n1. The molecule has 0 aromatic carbocycles. The minimum Gasteiger partial charge on any atom is -0.317 e. The van der Waals surface area contributed by atoms with E-state index in [1.165, 1.54) is 17.7 Å². The Hall–Kier alpha value is -1.33. The minimum absolute atomic E-state index is 0.709. The maximum atomic E-state index is 4.77. The number of aryl methyl sites for hydroxylation is 3. The summed E-state index contributed by atoms with van der Waals surface area (Å²) in [5.74, 6) is 1.68. The van der Waals surface area contributed by atoms with Crippen molar-refractivity contribution in [3.8, 4) is 10.7 Å². The normalized spacial score (nSPS) is 16.3. The van der Waals surface area contributed by atoms with Crippen LogP contribution in [0.1, 0.15) is 34.9 Å². The van der Waals surface area contributed by atoms with E-state index in [0.717, 1.165) is 47.4 Å². The summed E-state index contributed by atoms with van der Waals surface area (Å²) in [4.78, 5) is 15.3. The lowest BCUT2D eigenvalue weighted by molar-refractivity contribution is 0.367. The lowest BCUT2D eigenvalue weighted by Crippen LogP contribution is -2.29. The Bertz CT molecular complexity index is 610. The topological polar surface area (TPSA) is 50.7 Å². The van der Waals surface area contributed by atoms with Crippen LogP contribution >= 0.6 is 11.3 Å². The molecule has 1 aliphatic heterocycles. The van der Waals surface area contributed by atoms with E-state index in [1.54, 1.807) is 11.3 Å². The van der Waals surface area contributed by atoms with Gasteiger partial charge in [0.05, 0.1) is 5.69 Å². The third-order valence-electron chi connectivity index (χ3n) is 4.08. The first-order valence-corrected chi connectivity index (χ1v) is 8.43. The standard InChI is InChI=1S/C16H22N4S/c1-10-8-14(16-19-11(2)12(3)21-16)20-15(18-10)9-13-4-6-17-7-5-13/h8,13,17H,4-7,9H2,1-3H3. The van der Waals surface area contributed by atoms with Crippen LogP contribution in [0.3, 0.4) is 0 Å². The Balaban J connectivity index is 1.85. The third-order valence-corrected chi connectivity index (χ3v) is 5.17. The molecule has 1 fully saturated rings. The second kappa shape index (κ2) is 6.20. The monoisotopic (exact) mass is 302 g/mol. The van der Waals surface area contributed by atoms with Crippen LogP contribution < -0.4 is 5.32 Å². The highest BCUT2D eigenvalue weighted by molar-refractivity contribution is 7.15. The van der Waals surface area contributed by atoms with E-state index in [1.807, 2.05) is 13.0 Å². The zero-order valence-corrected chi connectivity index (χ0v) is 13.8. The first-order chi connectivity index (χ1) is 10.1. The molecule has 2 aromatic heterocycles. The van der Waals surface area contributed by atoms with Crippen LogP contribution in [0.15, 0.2) is 6.07 Å². The lowest BCUT2D eigenvalue weighted by Gasteiger charge is -2.21. The molecule has 2 aromatic rings. The fraction of sp³-hybridized carbons (Fsp3) is 0.562. The van der Waals surface area contributed by atoms with Gasteiger partial charge in [-0.25, -0.2) is 15.0 Å². The molecule has 3 heterocycles. The van der Waals surface area contributed by atoms with E-state index in [4.69, 9.17) is 4.98 Å². The van der Waals surface area contributed by atoms with Crippen molar-refractivity contribution in [3.63, 3.8) is 0 Å². The summed E-state index contributed by atoms with van der Waals surface area (Å²) < 4.78 is 0. The molecule has 5 heteroatoms. The average Bonchev–Trinajstić information content (AvgIpc) is 2.79. The van der Waals surface area contributed by atoms with Gasteiger partial charge in [-0.05, 0) is 58.7 Å². The first kappa shape index (κ1) is 14.6. The Kier molecular flexibility index (Phi) is 4.31. The number of rotatable bonds is 3. The molecule has 1 aliphatic rings. The average molecular weight is 302 g/mol. The van der Waals surface area contributed by atoms with Crippen molar-refractivity contribution in [3.05, 3.63) is 28.2 Å². The molecule has 1 saturated heterocycles.